The van der Waals surface area contributed by atoms with Crippen molar-refractivity contribution in [2.75, 3.05) is 0 Å². The second-order valence-corrected chi connectivity index (χ2v) is 8.88. The van der Waals surface area contributed by atoms with Gasteiger partial charge in [0.15, 0.2) is 0 Å². The molecule has 0 aliphatic heterocycles. The first kappa shape index (κ1) is 24.1. The highest BCUT2D eigenvalue weighted by Crippen LogP contribution is 2.34. The maximum absolute atomic E-state index is 10.4. The molecule has 0 fully saturated rings. The van der Waals surface area contributed by atoms with Crippen molar-refractivity contribution in [3.63, 3.8) is 0 Å². The van der Waals surface area contributed by atoms with Gasteiger partial charge >= 0.3 is 0 Å². The molecule has 0 unspecified atom stereocenters. The number of aliphatic hydroxyl groups is 1. The molecule has 5 heteroatoms. The molecule has 0 spiro atoms. The third kappa shape index (κ3) is 6.12. The van der Waals surface area contributed by atoms with E-state index in [-0.39, 0.29) is 11.9 Å². The molecule has 4 rings (SSSR count). The molecule has 1 heterocycles. The van der Waals surface area contributed by atoms with E-state index in [1.54, 1.807) is 6.08 Å². The van der Waals surface area contributed by atoms with Crippen LogP contribution in [0.1, 0.15) is 44.1 Å². The number of imidazole rings is 1. The van der Waals surface area contributed by atoms with Crippen LogP contribution in [0.4, 0.5) is 0 Å². The van der Waals surface area contributed by atoms with Gasteiger partial charge in [-0.15, -0.1) is 0 Å². The Labute approximate surface area is 207 Å². The number of rotatable bonds is 8. The molecule has 5 nitrogen and oxygen atoms in total. The van der Waals surface area contributed by atoms with Gasteiger partial charge in [0, 0.05) is 17.3 Å². The summed E-state index contributed by atoms with van der Waals surface area (Å²) < 4.78 is 12.1. The van der Waals surface area contributed by atoms with Crippen molar-refractivity contribution in [1.29, 1.82) is 0 Å². The van der Waals surface area contributed by atoms with Crippen LogP contribution in [0.15, 0.2) is 89.7 Å². The lowest BCUT2D eigenvalue weighted by Gasteiger charge is -2.15. The number of nitrogens with zero attached hydrogens (tertiary/aromatic N) is 1. The lowest BCUT2D eigenvalue weighted by Crippen LogP contribution is -2.07. The highest BCUT2D eigenvalue weighted by atomic mass is 16.5. The minimum atomic E-state index is 0.00190. The summed E-state index contributed by atoms with van der Waals surface area (Å²) >= 11 is 0. The molecule has 180 valence electrons. The molecule has 3 aromatic rings. The maximum atomic E-state index is 10.4. The van der Waals surface area contributed by atoms with Gasteiger partial charge in [-0.25, -0.2) is 4.98 Å². The first-order valence-corrected chi connectivity index (χ1v) is 11.9. The zero-order valence-corrected chi connectivity index (χ0v) is 20.7. The number of ether oxygens (including phenoxy) is 2. The molecular weight excluding hydrogens is 436 g/mol. The number of hydrogen-bond acceptors (Lipinski definition) is 4. The molecule has 0 atom stereocenters. The third-order valence-electron chi connectivity index (χ3n) is 5.70. The fourth-order valence-corrected chi connectivity index (χ4v) is 3.89. The standard InChI is InChI=1S/C30H32N2O3/c1-20(2)35-29-18-24(34-19-23-11-7-5-8-12-23)15-16-26(29)30-31-22(4)27(32-30)17-21(3)25-13-9-6-10-14-28(25)33/h5-12,14-18,20,33H,13,19H2,1-4H3,(H,31,32)/b21-17+. The van der Waals surface area contributed by atoms with Gasteiger partial charge in [-0.3, -0.25) is 0 Å². The number of nitrogens with one attached hydrogen (secondary N) is 1. The summed E-state index contributed by atoms with van der Waals surface area (Å²) in [5, 5.41) is 10.4. The summed E-state index contributed by atoms with van der Waals surface area (Å²) in [5.41, 5.74) is 5.62. The van der Waals surface area contributed by atoms with Gasteiger partial charge in [0.05, 0.1) is 17.4 Å². The summed E-state index contributed by atoms with van der Waals surface area (Å²) in [6.07, 6.45) is 10.2. The predicted octanol–water partition coefficient (Wildman–Crippen LogP) is 7.48. The number of aromatic amines is 1. The topological polar surface area (TPSA) is 67.4 Å². The lowest BCUT2D eigenvalue weighted by atomic mass is 10.0. The van der Waals surface area contributed by atoms with Gasteiger partial charge in [-0.1, -0.05) is 48.6 Å². The van der Waals surface area contributed by atoms with Crippen molar-refractivity contribution >= 4 is 6.08 Å². The van der Waals surface area contributed by atoms with Crippen molar-refractivity contribution < 1.29 is 14.6 Å². The van der Waals surface area contributed by atoms with Crippen LogP contribution in [0.25, 0.3) is 17.5 Å². The van der Waals surface area contributed by atoms with Gasteiger partial charge in [0.1, 0.15) is 29.7 Å². The van der Waals surface area contributed by atoms with Crippen LogP contribution in [0.5, 0.6) is 11.5 Å². The monoisotopic (exact) mass is 468 g/mol. The van der Waals surface area contributed by atoms with Crippen molar-refractivity contribution in [2.24, 2.45) is 0 Å². The van der Waals surface area contributed by atoms with Crippen LogP contribution >= 0.6 is 0 Å². The molecule has 2 aromatic carbocycles. The van der Waals surface area contributed by atoms with Crippen LogP contribution in [0, 0.1) is 6.92 Å². The first-order valence-electron chi connectivity index (χ1n) is 11.9. The van der Waals surface area contributed by atoms with Gasteiger partial charge in [-0.2, -0.15) is 0 Å². The highest BCUT2D eigenvalue weighted by Gasteiger charge is 2.16. The Morgan fingerprint density at radius 3 is 2.71 bits per heavy atom. The van der Waals surface area contributed by atoms with Crippen LogP contribution in [-0.2, 0) is 6.61 Å². The van der Waals surface area contributed by atoms with Crippen molar-refractivity contribution in [2.45, 2.75) is 46.8 Å². The van der Waals surface area contributed by atoms with E-state index in [4.69, 9.17) is 14.5 Å². The van der Waals surface area contributed by atoms with E-state index in [2.05, 4.69) is 4.98 Å². The molecule has 0 radical (unpaired) electrons. The lowest BCUT2D eigenvalue weighted by molar-refractivity contribution is 0.240. The fraction of sp³-hybridized carbons (Fsp3) is 0.233. The van der Waals surface area contributed by atoms with Crippen LogP contribution in [-0.4, -0.2) is 21.2 Å². The number of aryl methyl sites for hydroxylation is 1. The van der Waals surface area contributed by atoms with Crippen molar-refractivity contribution in [3.05, 3.63) is 107 Å². The molecular formula is C30H32N2O3. The molecule has 35 heavy (non-hydrogen) atoms. The molecule has 1 aliphatic carbocycles. The summed E-state index contributed by atoms with van der Waals surface area (Å²) in [4.78, 5) is 8.26. The van der Waals surface area contributed by atoms with Crippen molar-refractivity contribution in [3.8, 4) is 22.9 Å². The predicted molar refractivity (Wildman–Crippen MR) is 142 cm³/mol. The minimum absolute atomic E-state index is 0.00190. The summed E-state index contributed by atoms with van der Waals surface area (Å²) in [5.74, 6) is 2.47. The summed E-state index contributed by atoms with van der Waals surface area (Å²) in [6.45, 7) is 8.49. The number of aromatic nitrogens is 2. The number of hydrogen-bond donors (Lipinski definition) is 2. The van der Waals surface area contributed by atoms with Crippen molar-refractivity contribution in [1.82, 2.24) is 9.97 Å². The maximum Gasteiger partial charge on any atom is 0.141 e. The van der Waals surface area contributed by atoms with E-state index in [1.165, 1.54) is 0 Å². The van der Waals surface area contributed by atoms with E-state index >= 15 is 0 Å². The van der Waals surface area contributed by atoms with E-state index in [1.807, 2.05) is 101 Å². The Morgan fingerprint density at radius 2 is 1.94 bits per heavy atom. The van der Waals surface area contributed by atoms with E-state index in [0.29, 0.717) is 18.8 Å². The molecule has 1 aromatic heterocycles. The Hall–Kier alpha value is -3.99. The number of H-pyrrole nitrogens is 1. The second-order valence-electron chi connectivity index (χ2n) is 8.88. The molecule has 0 amide bonds. The molecule has 0 saturated carbocycles. The minimum Gasteiger partial charge on any atom is -0.508 e. The van der Waals surface area contributed by atoms with Crippen LogP contribution < -0.4 is 9.47 Å². The molecule has 0 bridgehead atoms. The summed E-state index contributed by atoms with van der Waals surface area (Å²) in [7, 11) is 0. The largest absolute Gasteiger partial charge is 0.508 e. The smallest absolute Gasteiger partial charge is 0.141 e. The molecule has 2 N–H and O–H groups in total. The first-order chi connectivity index (χ1) is 16.9. The second kappa shape index (κ2) is 11.0. The zero-order chi connectivity index (χ0) is 24.8. The molecule has 1 aliphatic rings. The normalized spacial score (nSPS) is 13.9. The van der Waals surface area contributed by atoms with Crippen LogP contribution in [0.3, 0.4) is 0 Å². The number of aliphatic hydroxyl groups excluding tert-OH is 1. The van der Waals surface area contributed by atoms with Gasteiger partial charge in [0.2, 0.25) is 0 Å². The Balaban J connectivity index is 1.62. The third-order valence-corrected chi connectivity index (χ3v) is 5.70. The van der Waals surface area contributed by atoms with E-state index in [9.17, 15) is 5.11 Å². The fourth-order valence-electron chi connectivity index (χ4n) is 3.89. The van der Waals surface area contributed by atoms with Crippen LogP contribution in [0.2, 0.25) is 0 Å². The Morgan fingerprint density at radius 1 is 1.14 bits per heavy atom. The van der Waals surface area contributed by atoms with E-state index in [0.717, 1.165) is 45.2 Å². The highest BCUT2D eigenvalue weighted by molar-refractivity contribution is 5.69. The average molecular weight is 469 g/mol. The van der Waals surface area contributed by atoms with Gasteiger partial charge in [0.25, 0.3) is 0 Å². The Bertz CT molecular complexity index is 1290. The van der Waals surface area contributed by atoms with E-state index < -0.39 is 0 Å². The van der Waals surface area contributed by atoms with Gasteiger partial charge < -0.3 is 19.6 Å². The SMILES string of the molecule is C/C(=C\c1nc(-c2ccc(OCc3ccccc3)cc2OC(C)C)[nH]c1C)C1=C(O)C=CC=CC1. The molecule has 0 saturated heterocycles. The average Bonchev–Trinajstić information content (AvgIpc) is 3.05. The zero-order valence-electron chi connectivity index (χ0n) is 20.7. The quantitative estimate of drug-likeness (QED) is 0.359. The van der Waals surface area contributed by atoms with Gasteiger partial charge in [-0.05, 0) is 69.5 Å². The Kier molecular flexibility index (Phi) is 7.56. The number of allylic oxidation sites excluding steroid dienone is 6. The summed E-state index contributed by atoms with van der Waals surface area (Å²) in [6, 6.07) is 15.9. The number of benzene rings is 2.